The molecule has 3 nitrogen and oxygen atoms in total. The van der Waals surface area contributed by atoms with Crippen LogP contribution in [0, 0.1) is 0 Å². The van der Waals surface area contributed by atoms with Gasteiger partial charge in [0.1, 0.15) is 0 Å². The molecule has 0 spiro atoms. The first kappa shape index (κ1) is 8.75. The molecule has 1 heterocycles. The Balaban J connectivity index is 0.000000640. The van der Waals surface area contributed by atoms with Crippen molar-refractivity contribution in [3.05, 3.63) is 23.9 Å². The molecule has 0 aliphatic heterocycles. The number of pyridine rings is 1. The van der Waals surface area contributed by atoms with Crippen LogP contribution in [0.15, 0.2) is 18.2 Å². The molecule has 1 rings (SSSR count). The largest absolute Gasteiger partial charge is 1.00 e. The zero-order chi connectivity index (χ0) is 5.98. The summed E-state index contributed by atoms with van der Waals surface area (Å²) in [6, 6.07) is 4.93. The first-order chi connectivity index (χ1) is 3.79. The standard InChI is InChI=1S/C5H6N3.Na/c6-4-2-1-3-5(7)8-4;/h1-3H,(H3-,6,7,8);/q-1;+1. The molecule has 0 radical (unpaired) electrons. The van der Waals surface area contributed by atoms with Gasteiger partial charge in [-0.25, -0.2) is 0 Å². The van der Waals surface area contributed by atoms with Gasteiger partial charge < -0.3 is 16.5 Å². The SMILES string of the molecule is [NH-]c1cccc(N)n1.[Na+]. The second-order valence-corrected chi connectivity index (χ2v) is 1.45. The fourth-order valence-electron chi connectivity index (χ4n) is 0.451. The Morgan fingerprint density at radius 3 is 2.44 bits per heavy atom. The van der Waals surface area contributed by atoms with E-state index in [0.717, 1.165) is 0 Å². The Kier molecular flexibility index (Phi) is 3.61. The number of aromatic nitrogens is 1. The molecular weight excluding hydrogens is 125 g/mol. The minimum atomic E-state index is 0. The predicted octanol–water partition coefficient (Wildman–Crippen LogP) is -1.65. The Bertz CT molecular complexity index is 172. The van der Waals surface area contributed by atoms with E-state index in [4.69, 9.17) is 11.5 Å². The van der Waals surface area contributed by atoms with Crippen LogP contribution in [0.4, 0.5) is 11.6 Å². The van der Waals surface area contributed by atoms with Gasteiger partial charge in [-0.15, -0.1) is 0 Å². The van der Waals surface area contributed by atoms with Gasteiger partial charge >= 0.3 is 29.6 Å². The normalized spacial score (nSPS) is 8.00. The predicted molar refractivity (Wildman–Crippen MR) is 32.6 cm³/mol. The van der Waals surface area contributed by atoms with Crippen molar-refractivity contribution in [2.75, 3.05) is 5.73 Å². The molecule has 0 saturated heterocycles. The number of nitrogens with two attached hydrogens (primary N) is 1. The molecule has 0 aromatic carbocycles. The van der Waals surface area contributed by atoms with Crippen LogP contribution in [0.3, 0.4) is 0 Å². The molecular formula is C5H6N3Na. The van der Waals surface area contributed by atoms with E-state index in [9.17, 15) is 0 Å². The topological polar surface area (TPSA) is 62.7 Å². The van der Waals surface area contributed by atoms with Gasteiger partial charge in [0.25, 0.3) is 0 Å². The third-order valence-electron chi connectivity index (χ3n) is 0.771. The zero-order valence-corrected chi connectivity index (χ0v) is 7.26. The molecule has 3 N–H and O–H groups in total. The van der Waals surface area contributed by atoms with Crippen LogP contribution in [0.2, 0.25) is 0 Å². The van der Waals surface area contributed by atoms with Crippen molar-refractivity contribution in [3.63, 3.8) is 0 Å². The van der Waals surface area contributed by atoms with Gasteiger partial charge in [0.2, 0.25) is 0 Å². The summed E-state index contributed by atoms with van der Waals surface area (Å²) < 4.78 is 0. The maximum Gasteiger partial charge on any atom is 1.00 e. The van der Waals surface area contributed by atoms with E-state index in [1.807, 2.05) is 0 Å². The number of hydrogen-bond donors (Lipinski definition) is 1. The summed E-state index contributed by atoms with van der Waals surface area (Å²) in [6.07, 6.45) is 0. The first-order valence-electron chi connectivity index (χ1n) is 2.23. The van der Waals surface area contributed by atoms with Crippen LogP contribution in [-0.2, 0) is 0 Å². The maximum absolute atomic E-state index is 6.94. The van der Waals surface area contributed by atoms with Crippen molar-refractivity contribution >= 4 is 11.6 Å². The van der Waals surface area contributed by atoms with Crippen LogP contribution in [-0.4, -0.2) is 4.98 Å². The quantitative estimate of drug-likeness (QED) is 0.429. The average Bonchev–Trinajstić information content (AvgIpc) is 1.64. The molecule has 1 aromatic heterocycles. The van der Waals surface area contributed by atoms with Gasteiger partial charge in [0.05, 0.1) is 0 Å². The van der Waals surface area contributed by atoms with Gasteiger partial charge in [-0.1, -0.05) is 18.0 Å². The number of hydrogen-bond acceptors (Lipinski definition) is 2. The number of anilines is 1. The summed E-state index contributed by atoms with van der Waals surface area (Å²) in [6.45, 7) is 0. The van der Waals surface area contributed by atoms with Crippen molar-refractivity contribution < 1.29 is 29.6 Å². The molecule has 0 saturated carbocycles. The molecule has 0 atom stereocenters. The summed E-state index contributed by atoms with van der Waals surface area (Å²) in [4.78, 5) is 3.62. The van der Waals surface area contributed by atoms with E-state index >= 15 is 0 Å². The smallest absolute Gasteiger partial charge is 0.482 e. The Hall–Kier alpha value is -0.250. The van der Waals surface area contributed by atoms with Crippen molar-refractivity contribution in [3.8, 4) is 0 Å². The van der Waals surface area contributed by atoms with Gasteiger partial charge in [-0.05, 0) is 6.07 Å². The molecule has 4 heteroatoms. The minimum absolute atomic E-state index is 0. The van der Waals surface area contributed by atoms with Gasteiger partial charge in [0, 0.05) is 5.82 Å². The summed E-state index contributed by atoms with van der Waals surface area (Å²) in [5, 5.41) is 0. The second-order valence-electron chi connectivity index (χ2n) is 1.45. The second kappa shape index (κ2) is 3.71. The van der Waals surface area contributed by atoms with E-state index in [-0.39, 0.29) is 35.4 Å². The number of rotatable bonds is 0. The van der Waals surface area contributed by atoms with Crippen LogP contribution >= 0.6 is 0 Å². The van der Waals surface area contributed by atoms with Crippen molar-refractivity contribution in [1.82, 2.24) is 4.98 Å². The first-order valence-corrected chi connectivity index (χ1v) is 2.23. The van der Waals surface area contributed by atoms with E-state index in [2.05, 4.69) is 4.98 Å². The summed E-state index contributed by atoms with van der Waals surface area (Å²) in [5.41, 5.74) is 12.2. The number of nitrogen functional groups attached to an aromatic ring is 1. The van der Waals surface area contributed by atoms with E-state index in [1.54, 1.807) is 18.2 Å². The average molecular weight is 131 g/mol. The van der Waals surface area contributed by atoms with Crippen LogP contribution in [0.5, 0.6) is 0 Å². The fraction of sp³-hybridized carbons (Fsp3) is 0. The summed E-state index contributed by atoms with van der Waals surface area (Å²) in [5.74, 6) is 0.613. The summed E-state index contributed by atoms with van der Waals surface area (Å²) in [7, 11) is 0. The Morgan fingerprint density at radius 2 is 2.11 bits per heavy atom. The van der Waals surface area contributed by atoms with Crippen LogP contribution in [0.1, 0.15) is 0 Å². The van der Waals surface area contributed by atoms with Crippen molar-refractivity contribution in [2.45, 2.75) is 0 Å². The Labute approximate surface area is 75.7 Å². The molecule has 0 aliphatic rings. The molecule has 0 aliphatic carbocycles. The van der Waals surface area contributed by atoms with E-state index < -0.39 is 0 Å². The van der Waals surface area contributed by atoms with E-state index in [1.165, 1.54) is 0 Å². The fourth-order valence-corrected chi connectivity index (χ4v) is 0.451. The van der Waals surface area contributed by atoms with Crippen LogP contribution < -0.4 is 35.3 Å². The number of nitrogens with one attached hydrogen (secondary N) is 1. The van der Waals surface area contributed by atoms with E-state index in [0.29, 0.717) is 5.82 Å². The molecule has 0 fully saturated rings. The van der Waals surface area contributed by atoms with Crippen molar-refractivity contribution in [1.29, 1.82) is 0 Å². The third kappa shape index (κ3) is 2.70. The molecule has 1 aromatic rings. The van der Waals surface area contributed by atoms with Gasteiger partial charge in [-0.2, -0.15) is 0 Å². The minimum Gasteiger partial charge on any atom is -0.482 e. The molecule has 9 heavy (non-hydrogen) atoms. The third-order valence-corrected chi connectivity index (χ3v) is 0.771. The van der Waals surface area contributed by atoms with Gasteiger partial charge in [-0.3, -0.25) is 0 Å². The monoisotopic (exact) mass is 131 g/mol. The summed E-state index contributed by atoms with van der Waals surface area (Å²) >= 11 is 0. The Morgan fingerprint density at radius 1 is 1.44 bits per heavy atom. The number of nitrogens with zero attached hydrogens (tertiary/aromatic N) is 1. The maximum atomic E-state index is 6.94. The molecule has 42 valence electrons. The van der Waals surface area contributed by atoms with Crippen LogP contribution in [0.25, 0.3) is 5.73 Å². The molecule has 0 bridgehead atoms. The molecule has 0 unspecified atom stereocenters. The van der Waals surface area contributed by atoms with Crippen molar-refractivity contribution in [2.24, 2.45) is 0 Å². The zero-order valence-electron chi connectivity index (χ0n) is 5.26. The van der Waals surface area contributed by atoms with Gasteiger partial charge in [0.15, 0.2) is 0 Å². The molecule has 0 amide bonds.